The molecule has 0 saturated heterocycles. The van der Waals surface area contributed by atoms with E-state index in [2.05, 4.69) is 5.32 Å². The zero-order chi connectivity index (χ0) is 11.3. The van der Waals surface area contributed by atoms with Crippen molar-refractivity contribution in [2.75, 3.05) is 13.1 Å². The van der Waals surface area contributed by atoms with E-state index in [1.54, 1.807) is 0 Å². The Labute approximate surface area is 92.2 Å². The molecule has 4 nitrogen and oxygen atoms in total. The Morgan fingerprint density at radius 3 is 2.60 bits per heavy atom. The van der Waals surface area contributed by atoms with E-state index in [9.17, 15) is 4.79 Å². The summed E-state index contributed by atoms with van der Waals surface area (Å²) >= 11 is 0. The third-order valence-corrected chi connectivity index (χ3v) is 2.79. The predicted molar refractivity (Wildman–Crippen MR) is 61.7 cm³/mol. The lowest BCUT2D eigenvalue weighted by Gasteiger charge is -2.38. The first-order chi connectivity index (χ1) is 7.15. The Morgan fingerprint density at radius 2 is 2.20 bits per heavy atom. The largest absolute Gasteiger partial charge is 0.336 e. The van der Waals surface area contributed by atoms with Crippen LogP contribution in [0.2, 0.25) is 0 Å². The van der Waals surface area contributed by atoms with Crippen LogP contribution in [0.4, 0.5) is 4.79 Å². The molecule has 1 aliphatic rings. The lowest BCUT2D eigenvalue weighted by atomic mass is 9.91. The summed E-state index contributed by atoms with van der Waals surface area (Å²) in [4.78, 5) is 13.8. The molecule has 0 radical (unpaired) electrons. The number of rotatable bonds is 5. The molecule has 0 aromatic rings. The van der Waals surface area contributed by atoms with Gasteiger partial charge in [0, 0.05) is 18.6 Å². The van der Waals surface area contributed by atoms with Gasteiger partial charge in [-0.15, -0.1) is 0 Å². The number of nitrogens with two attached hydrogens (primary N) is 1. The molecule has 0 aromatic carbocycles. The molecule has 1 saturated carbocycles. The number of carbonyl (C=O) groups is 1. The van der Waals surface area contributed by atoms with Crippen LogP contribution < -0.4 is 11.1 Å². The summed E-state index contributed by atoms with van der Waals surface area (Å²) in [7, 11) is 0. The monoisotopic (exact) mass is 213 g/mol. The molecule has 15 heavy (non-hydrogen) atoms. The van der Waals surface area contributed by atoms with Crippen LogP contribution in [0.5, 0.6) is 0 Å². The average molecular weight is 213 g/mol. The van der Waals surface area contributed by atoms with Gasteiger partial charge in [0.2, 0.25) is 0 Å². The lowest BCUT2D eigenvalue weighted by Crippen LogP contribution is -2.51. The summed E-state index contributed by atoms with van der Waals surface area (Å²) in [5.41, 5.74) is 5.48. The van der Waals surface area contributed by atoms with Gasteiger partial charge in [0.05, 0.1) is 0 Å². The smallest absolute Gasteiger partial charge is 0.317 e. The number of hydrogen-bond donors (Lipinski definition) is 2. The SMILES string of the molecule is CC(C)NC(=O)N(CCCN)C1CCC1. The summed E-state index contributed by atoms with van der Waals surface area (Å²) in [6.45, 7) is 5.41. The van der Waals surface area contributed by atoms with E-state index < -0.39 is 0 Å². The zero-order valence-electron chi connectivity index (χ0n) is 9.83. The van der Waals surface area contributed by atoms with Crippen molar-refractivity contribution in [1.82, 2.24) is 10.2 Å². The number of urea groups is 1. The van der Waals surface area contributed by atoms with E-state index in [0.717, 1.165) is 25.8 Å². The molecule has 4 heteroatoms. The molecule has 88 valence electrons. The Balaban J connectivity index is 2.42. The number of carbonyl (C=O) groups excluding carboxylic acids is 1. The molecular formula is C11H23N3O. The number of amides is 2. The first-order valence-electron chi connectivity index (χ1n) is 5.92. The standard InChI is InChI=1S/C11H23N3O/c1-9(2)13-11(15)14(8-4-7-12)10-5-3-6-10/h9-10H,3-8,12H2,1-2H3,(H,13,15). The number of nitrogens with zero attached hydrogens (tertiary/aromatic N) is 1. The van der Waals surface area contributed by atoms with Crippen molar-refractivity contribution in [2.45, 2.75) is 51.6 Å². The van der Waals surface area contributed by atoms with Crippen LogP contribution in [0.3, 0.4) is 0 Å². The van der Waals surface area contributed by atoms with Crippen LogP contribution in [0.15, 0.2) is 0 Å². The quantitative estimate of drug-likeness (QED) is 0.723. The molecule has 0 aromatic heterocycles. The van der Waals surface area contributed by atoms with Gasteiger partial charge in [-0.3, -0.25) is 0 Å². The Hall–Kier alpha value is -0.770. The molecule has 1 rings (SSSR count). The molecule has 1 fully saturated rings. The first kappa shape index (κ1) is 12.3. The lowest BCUT2D eigenvalue weighted by molar-refractivity contribution is 0.136. The topological polar surface area (TPSA) is 58.4 Å². The second-order valence-corrected chi connectivity index (χ2v) is 4.52. The molecule has 1 aliphatic carbocycles. The van der Waals surface area contributed by atoms with E-state index in [0.29, 0.717) is 12.6 Å². The minimum atomic E-state index is 0.0724. The molecule has 2 amide bonds. The van der Waals surface area contributed by atoms with Crippen LogP contribution in [0.1, 0.15) is 39.5 Å². The maximum atomic E-state index is 11.9. The molecule has 0 atom stereocenters. The van der Waals surface area contributed by atoms with Crippen LogP contribution in [-0.4, -0.2) is 36.1 Å². The highest BCUT2D eigenvalue weighted by molar-refractivity contribution is 5.74. The Kier molecular flexibility index (Phi) is 4.88. The zero-order valence-corrected chi connectivity index (χ0v) is 9.83. The van der Waals surface area contributed by atoms with Gasteiger partial charge in [-0.25, -0.2) is 4.79 Å². The fraction of sp³-hybridized carbons (Fsp3) is 0.909. The van der Waals surface area contributed by atoms with Crippen molar-refractivity contribution in [2.24, 2.45) is 5.73 Å². The maximum absolute atomic E-state index is 11.9. The van der Waals surface area contributed by atoms with Crippen LogP contribution >= 0.6 is 0 Å². The van der Waals surface area contributed by atoms with E-state index in [1.807, 2.05) is 18.7 Å². The van der Waals surface area contributed by atoms with Gasteiger partial charge >= 0.3 is 6.03 Å². The van der Waals surface area contributed by atoms with Crippen LogP contribution in [-0.2, 0) is 0 Å². The van der Waals surface area contributed by atoms with Gasteiger partial charge in [0.15, 0.2) is 0 Å². The predicted octanol–water partition coefficient (Wildman–Crippen LogP) is 1.31. The molecule has 0 aliphatic heterocycles. The van der Waals surface area contributed by atoms with Gasteiger partial charge in [-0.05, 0) is 46.1 Å². The molecular weight excluding hydrogens is 190 g/mol. The third-order valence-electron chi connectivity index (χ3n) is 2.79. The molecule has 0 unspecified atom stereocenters. The van der Waals surface area contributed by atoms with Crippen molar-refractivity contribution in [3.8, 4) is 0 Å². The molecule has 3 N–H and O–H groups in total. The summed E-state index contributed by atoms with van der Waals surface area (Å²) < 4.78 is 0. The van der Waals surface area contributed by atoms with Crippen LogP contribution in [0, 0.1) is 0 Å². The number of nitrogens with one attached hydrogen (secondary N) is 1. The van der Waals surface area contributed by atoms with Gasteiger partial charge in [-0.1, -0.05) is 0 Å². The van der Waals surface area contributed by atoms with E-state index in [-0.39, 0.29) is 12.1 Å². The summed E-state index contributed by atoms with van der Waals surface area (Å²) in [5.74, 6) is 0. The maximum Gasteiger partial charge on any atom is 0.317 e. The highest BCUT2D eigenvalue weighted by Crippen LogP contribution is 2.24. The van der Waals surface area contributed by atoms with E-state index in [1.165, 1.54) is 6.42 Å². The highest BCUT2D eigenvalue weighted by atomic mass is 16.2. The summed E-state index contributed by atoms with van der Waals surface area (Å²) in [6, 6.07) is 0.733. The van der Waals surface area contributed by atoms with Crippen molar-refractivity contribution in [1.29, 1.82) is 0 Å². The van der Waals surface area contributed by atoms with E-state index in [4.69, 9.17) is 5.73 Å². The highest BCUT2D eigenvalue weighted by Gasteiger charge is 2.28. The molecule has 0 spiro atoms. The fourth-order valence-electron chi connectivity index (χ4n) is 1.74. The van der Waals surface area contributed by atoms with Crippen molar-refractivity contribution >= 4 is 6.03 Å². The second-order valence-electron chi connectivity index (χ2n) is 4.52. The van der Waals surface area contributed by atoms with Crippen LogP contribution in [0.25, 0.3) is 0 Å². The summed E-state index contributed by atoms with van der Waals surface area (Å²) in [5, 5.41) is 2.95. The number of hydrogen-bond acceptors (Lipinski definition) is 2. The normalized spacial score (nSPS) is 16.3. The second kappa shape index (κ2) is 5.95. The van der Waals surface area contributed by atoms with Gasteiger partial charge in [0.1, 0.15) is 0 Å². The van der Waals surface area contributed by atoms with E-state index >= 15 is 0 Å². The Morgan fingerprint density at radius 1 is 1.53 bits per heavy atom. The summed E-state index contributed by atoms with van der Waals surface area (Å²) in [6.07, 6.45) is 4.44. The fourth-order valence-corrected chi connectivity index (χ4v) is 1.74. The van der Waals surface area contributed by atoms with Gasteiger partial charge < -0.3 is 16.0 Å². The minimum absolute atomic E-state index is 0.0724. The van der Waals surface area contributed by atoms with Crippen molar-refractivity contribution in [3.05, 3.63) is 0 Å². The van der Waals surface area contributed by atoms with Crippen molar-refractivity contribution in [3.63, 3.8) is 0 Å². The van der Waals surface area contributed by atoms with Gasteiger partial charge in [0.25, 0.3) is 0 Å². The third kappa shape index (κ3) is 3.70. The van der Waals surface area contributed by atoms with Gasteiger partial charge in [-0.2, -0.15) is 0 Å². The average Bonchev–Trinajstić information content (AvgIpc) is 2.07. The Bertz CT molecular complexity index is 202. The minimum Gasteiger partial charge on any atom is -0.336 e. The molecule has 0 heterocycles. The molecule has 0 bridgehead atoms. The van der Waals surface area contributed by atoms with Crippen molar-refractivity contribution < 1.29 is 4.79 Å². The first-order valence-corrected chi connectivity index (χ1v) is 5.92.